The van der Waals surface area contributed by atoms with Crippen LogP contribution < -0.4 is 0 Å². The van der Waals surface area contributed by atoms with Crippen LogP contribution in [-0.4, -0.2) is 36.3 Å². The molecule has 0 aromatic carbocycles. The molecule has 0 amide bonds. The SMILES string of the molecule is CC(C)C[Si](O)(O)CC(C)C.CCC(C)[Si](O)(O)C(C)CC. The summed E-state index contributed by atoms with van der Waals surface area (Å²) in [7, 11) is -5.74. The van der Waals surface area contributed by atoms with Gasteiger partial charge in [0.05, 0.1) is 0 Å². The molecule has 0 heterocycles. The molecule has 0 aromatic heterocycles. The second kappa shape index (κ2) is 10.9. The van der Waals surface area contributed by atoms with Gasteiger partial charge in [-0.1, -0.05) is 68.2 Å². The quantitative estimate of drug-likeness (QED) is 0.502. The van der Waals surface area contributed by atoms with Crippen LogP contribution in [-0.2, 0) is 0 Å². The second-order valence-electron chi connectivity index (χ2n) is 7.58. The summed E-state index contributed by atoms with van der Waals surface area (Å²) in [6, 6.07) is 1.20. The van der Waals surface area contributed by atoms with Crippen LogP contribution in [0.15, 0.2) is 0 Å². The largest absolute Gasteiger partial charge is 0.411 e. The first-order chi connectivity index (χ1) is 9.80. The summed E-state index contributed by atoms with van der Waals surface area (Å²) in [4.78, 5) is 38.6. The lowest BCUT2D eigenvalue weighted by atomic mass is 10.3. The molecule has 2 unspecified atom stereocenters. The molecule has 0 aliphatic rings. The van der Waals surface area contributed by atoms with Crippen LogP contribution >= 0.6 is 0 Å². The smallest absolute Gasteiger partial charge is 0.338 e. The van der Waals surface area contributed by atoms with E-state index in [1.54, 1.807) is 0 Å². The van der Waals surface area contributed by atoms with E-state index in [1.165, 1.54) is 0 Å². The van der Waals surface area contributed by atoms with Crippen LogP contribution in [0, 0.1) is 11.8 Å². The van der Waals surface area contributed by atoms with E-state index in [0.29, 0.717) is 23.9 Å². The van der Waals surface area contributed by atoms with Crippen molar-refractivity contribution in [2.75, 3.05) is 0 Å². The third-order valence-corrected chi connectivity index (χ3v) is 10.8. The number of rotatable bonds is 8. The van der Waals surface area contributed by atoms with Gasteiger partial charge in [0.15, 0.2) is 0 Å². The van der Waals surface area contributed by atoms with Gasteiger partial charge in [-0.3, -0.25) is 0 Å². The third kappa shape index (κ3) is 10.9. The van der Waals surface area contributed by atoms with Gasteiger partial charge in [0, 0.05) is 0 Å². The molecule has 0 saturated heterocycles. The van der Waals surface area contributed by atoms with Crippen molar-refractivity contribution in [2.45, 2.75) is 91.4 Å². The summed E-state index contributed by atoms with van der Waals surface area (Å²) in [5, 5.41) is 0. The molecule has 2 atom stereocenters. The van der Waals surface area contributed by atoms with Crippen molar-refractivity contribution in [3.63, 3.8) is 0 Å². The molecule has 136 valence electrons. The molecule has 0 bridgehead atoms. The summed E-state index contributed by atoms with van der Waals surface area (Å²) < 4.78 is 0. The Morgan fingerprint density at radius 3 is 1.09 bits per heavy atom. The summed E-state index contributed by atoms with van der Waals surface area (Å²) in [5.41, 5.74) is 0.190. The Hall–Kier alpha value is 0.274. The van der Waals surface area contributed by atoms with E-state index in [-0.39, 0.29) is 11.1 Å². The zero-order valence-corrected chi connectivity index (χ0v) is 17.9. The molecule has 0 aromatic rings. The highest BCUT2D eigenvalue weighted by Gasteiger charge is 2.40. The van der Waals surface area contributed by atoms with E-state index in [1.807, 2.05) is 55.4 Å². The Bertz CT molecular complexity index is 257. The Morgan fingerprint density at radius 2 is 0.909 bits per heavy atom. The monoisotopic (exact) mass is 352 g/mol. The molecule has 0 saturated carbocycles. The van der Waals surface area contributed by atoms with Gasteiger partial charge in [-0.2, -0.15) is 0 Å². The van der Waals surface area contributed by atoms with Gasteiger partial charge in [-0.25, -0.2) is 0 Å². The van der Waals surface area contributed by atoms with E-state index in [9.17, 15) is 19.2 Å². The van der Waals surface area contributed by atoms with Crippen LogP contribution in [0.4, 0.5) is 0 Å². The molecular formula is C16H40O4Si2. The van der Waals surface area contributed by atoms with Gasteiger partial charge in [0.1, 0.15) is 0 Å². The first kappa shape index (κ1) is 24.5. The van der Waals surface area contributed by atoms with Gasteiger partial charge in [-0.15, -0.1) is 0 Å². The van der Waals surface area contributed by atoms with E-state index in [0.717, 1.165) is 12.8 Å². The minimum atomic E-state index is -2.91. The van der Waals surface area contributed by atoms with Crippen molar-refractivity contribution in [1.82, 2.24) is 0 Å². The lowest BCUT2D eigenvalue weighted by molar-refractivity contribution is 0.318. The van der Waals surface area contributed by atoms with Crippen molar-refractivity contribution in [3.8, 4) is 0 Å². The van der Waals surface area contributed by atoms with Gasteiger partial charge >= 0.3 is 17.1 Å². The summed E-state index contributed by atoms with van der Waals surface area (Å²) in [6.07, 6.45) is 1.73. The third-order valence-electron chi connectivity index (χ3n) is 4.15. The molecular weight excluding hydrogens is 312 g/mol. The molecule has 4 nitrogen and oxygen atoms in total. The molecule has 0 rings (SSSR count). The van der Waals surface area contributed by atoms with E-state index < -0.39 is 17.1 Å². The lowest BCUT2D eigenvalue weighted by Gasteiger charge is -2.29. The fourth-order valence-electron chi connectivity index (χ4n) is 2.48. The Labute approximate surface area is 140 Å². The van der Waals surface area contributed by atoms with Gasteiger partial charge in [0.2, 0.25) is 0 Å². The van der Waals surface area contributed by atoms with Crippen LogP contribution in [0.3, 0.4) is 0 Å². The highest BCUT2D eigenvalue weighted by atomic mass is 28.4. The molecule has 0 spiro atoms. The van der Waals surface area contributed by atoms with Crippen molar-refractivity contribution in [3.05, 3.63) is 0 Å². The maximum atomic E-state index is 9.75. The molecule has 6 heteroatoms. The predicted molar refractivity (Wildman–Crippen MR) is 99.1 cm³/mol. The highest BCUT2D eigenvalue weighted by Crippen LogP contribution is 2.31. The minimum absolute atomic E-state index is 0.0949. The molecule has 0 radical (unpaired) electrons. The summed E-state index contributed by atoms with van der Waals surface area (Å²) in [6.45, 7) is 15.9. The van der Waals surface area contributed by atoms with Crippen LogP contribution in [0.25, 0.3) is 0 Å². The predicted octanol–water partition coefficient (Wildman–Crippen LogP) is 3.74. The van der Waals surface area contributed by atoms with E-state index in [4.69, 9.17) is 0 Å². The molecule has 0 fully saturated rings. The van der Waals surface area contributed by atoms with E-state index >= 15 is 0 Å². The zero-order chi connectivity index (χ0) is 18.1. The Balaban J connectivity index is 0. The first-order valence-electron chi connectivity index (χ1n) is 8.69. The highest BCUT2D eigenvalue weighted by molar-refractivity contribution is 6.67. The Kier molecular flexibility index (Phi) is 12.2. The maximum absolute atomic E-state index is 9.75. The molecule has 0 aliphatic carbocycles. The normalized spacial score (nSPS) is 15.5. The first-order valence-corrected chi connectivity index (χ1v) is 13.0. The van der Waals surface area contributed by atoms with Crippen LogP contribution in [0.1, 0.15) is 68.2 Å². The van der Waals surface area contributed by atoms with Gasteiger partial charge in [-0.05, 0) is 35.0 Å². The summed E-state index contributed by atoms with van der Waals surface area (Å²) in [5.74, 6) is 0.797. The number of hydrogen-bond acceptors (Lipinski definition) is 4. The van der Waals surface area contributed by atoms with Crippen molar-refractivity contribution in [2.24, 2.45) is 11.8 Å². The maximum Gasteiger partial charge on any atom is 0.338 e. The lowest BCUT2D eigenvalue weighted by Crippen LogP contribution is -2.43. The minimum Gasteiger partial charge on any atom is -0.411 e. The standard InChI is InChI=1S/2C8H20O2Si/c1-7(2)5-11(9,10)6-8(3)4;1-5-7(3)11(9,10)8(4)6-2/h2*7-10H,5-6H2,1-4H3. The van der Waals surface area contributed by atoms with Gasteiger partial charge in [0.25, 0.3) is 0 Å². The average molecular weight is 353 g/mol. The fourth-order valence-corrected chi connectivity index (χ4v) is 7.43. The van der Waals surface area contributed by atoms with Crippen LogP contribution in [0.5, 0.6) is 0 Å². The summed E-state index contributed by atoms with van der Waals surface area (Å²) >= 11 is 0. The fraction of sp³-hybridized carbons (Fsp3) is 1.00. The van der Waals surface area contributed by atoms with Crippen LogP contribution in [0.2, 0.25) is 23.2 Å². The number of hydrogen-bond donors (Lipinski definition) is 4. The second-order valence-corrected chi connectivity index (χ2v) is 13.9. The van der Waals surface area contributed by atoms with Crippen molar-refractivity contribution >= 4 is 17.1 Å². The van der Waals surface area contributed by atoms with Crippen molar-refractivity contribution < 1.29 is 19.2 Å². The topological polar surface area (TPSA) is 80.9 Å². The average Bonchev–Trinajstić information content (AvgIpc) is 2.33. The zero-order valence-electron chi connectivity index (χ0n) is 15.9. The van der Waals surface area contributed by atoms with Gasteiger partial charge < -0.3 is 19.2 Å². The molecule has 4 N–H and O–H groups in total. The Morgan fingerprint density at radius 1 is 0.636 bits per heavy atom. The molecule has 0 aliphatic heterocycles. The van der Waals surface area contributed by atoms with E-state index in [2.05, 4.69) is 0 Å². The molecule has 22 heavy (non-hydrogen) atoms. The van der Waals surface area contributed by atoms with Crippen molar-refractivity contribution in [1.29, 1.82) is 0 Å².